The van der Waals surface area contributed by atoms with Crippen molar-refractivity contribution in [2.75, 3.05) is 4.90 Å². The summed E-state index contributed by atoms with van der Waals surface area (Å²) in [7, 11) is 0. The Balaban J connectivity index is 1.01. The van der Waals surface area contributed by atoms with Gasteiger partial charge in [0.25, 0.3) is 0 Å². The van der Waals surface area contributed by atoms with Gasteiger partial charge in [0.15, 0.2) is 0 Å². The lowest BCUT2D eigenvalue weighted by atomic mass is 9.96. The third-order valence-electron chi connectivity index (χ3n) is 11.1. The summed E-state index contributed by atoms with van der Waals surface area (Å²) in [6.07, 6.45) is 7.44. The molecular weight excluding hydrogens is 711 g/mol. The van der Waals surface area contributed by atoms with Crippen molar-refractivity contribution in [3.8, 4) is 39.2 Å². The average molecular weight is 746 g/mol. The predicted molar refractivity (Wildman–Crippen MR) is 237 cm³/mol. The first kappa shape index (κ1) is 33.5. The summed E-state index contributed by atoms with van der Waals surface area (Å²) in [5.41, 5.74) is 16.8. The molecule has 11 rings (SSSR count). The van der Waals surface area contributed by atoms with Crippen molar-refractivity contribution < 1.29 is 4.42 Å². The molecule has 274 valence electrons. The van der Waals surface area contributed by atoms with Gasteiger partial charge in [-0.2, -0.15) is 0 Å². The quantitative estimate of drug-likeness (QED) is 0.163. The van der Waals surface area contributed by atoms with E-state index >= 15 is 0 Å². The highest BCUT2D eigenvalue weighted by atomic mass is 16.3. The third kappa shape index (κ3) is 5.61. The van der Waals surface area contributed by atoms with Gasteiger partial charge in [-0.3, -0.25) is 15.0 Å². The minimum Gasteiger partial charge on any atom is -0.456 e. The Kier molecular flexibility index (Phi) is 7.93. The summed E-state index contributed by atoms with van der Waals surface area (Å²) in [6.45, 7) is 2.17. The zero-order valence-electron chi connectivity index (χ0n) is 31.6. The highest BCUT2D eigenvalue weighted by molar-refractivity contribution is 6.10. The maximum Gasteiger partial charge on any atom is 0.135 e. The molecule has 0 fully saturated rings. The zero-order chi connectivity index (χ0) is 38.6. The molecule has 6 aromatic carbocycles. The molecule has 58 heavy (non-hydrogen) atoms. The van der Waals surface area contributed by atoms with Crippen LogP contribution in [0.5, 0.6) is 0 Å². The van der Waals surface area contributed by atoms with Crippen LogP contribution in [0.25, 0.3) is 83.1 Å². The van der Waals surface area contributed by atoms with Crippen molar-refractivity contribution in [3.63, 3.8) is 0 Å². The van der Waals surface area contributed by atoms with Gasteiger partial charge in [0.1, 0.15) is 11.2 Å². The van der Waals surface area contributed by atoms with Crippen molar-refractivity contribution in [3.05, 3.63) is 200 Å². The van der Waals surface area contributed by atoms with Crippen LogP contribution in [0.4, 0.5) is 17.1 Å². The molecule has 0 bridgehead atoms. The molecule has 6 nitrogen and oxygen atoms in total. The van der Waals surface area contributed by atoms with Crippen LogP contribution < -0.4 is 4.90 Å². The molecule has 0 spiro atoms. The Morgan fingerprint density at radius 3 is 2.03 bits per heavy atom. The van der Waals surface area contributed by atoms with E-state index in [-0.39, 0.29) is 0 Å². The van der Waals surface area contributed by atoms with Gasteiger partial charge in [0.05, 0.1) is 34.1 Å². The van der Waals surface area contributed by atoms with Crippen molar-refractivity contribution in [1.82, 2.24) is 19.5 Å². The maximum absolute atomic E-state index is 6.44. The second kappa shape index (κ2) is 13.7. The van der Waals surface area contributed by atoms with Gasteiger partial charge >= 0.3 is 0 Å². The fourth-order valence-electron chi connectivity index (χ4n) is 8.42. The average Bonchev–Trinajstić information content (AvgIpc) is 3.82. The minimum absolute atomic E-state index is 0.852. The Morgan fingerprint density at radius 2 is 1.21 bits per heavy atom. The fraction of sp³-hybridized carbons (Fsp3) is 0.0192. The molecule has 0 radical (unpaired) electrons. The van der Waals surface area contributed by atoms with Gasteiger partial charge in [-0.25, -0.2) is 0 Å². The fourth-order valence-corrected chi connectivity index (χ4v) is 8.42. The van der Waals surface area contributed by atoms with E-state index < -0.39 is 0 Å². The molecule has 0 aliphatic heterocycles. The van der Waals surface area contributed by atoms with Gasteiger partial charge in [0.2, 0.25) is 0 Å². The second-order valence-corrected chi connectivity index (χ2v) is 14.6. The number of para-hydroxylation sites is 1. The van der Waals surface area contributed by atoms with Crippen molar-refractivity contribution >= 4 is 60.9 Å². The Bertz CT molecular complexity index is 3260. The van der Waals surface area contributed by atoms with Gasteiger partial charge < -0.3 is 13.9 Å². The molecule has 0 aliphatic carbocycles. The van der Waals surface area contributed by atoms with E-state index in [4.69, 9.17) is 9.40 Å². The molecule has 6 heteroatoms. The van der Waals surface area contributed by atoms with Crippen molar-refractivity contribution in [1.29, 1.82) is 0 Å². The molecule has 0 atom stereocenters. The molecule has 5 heterocycles. The topological polar surface area (TPSA) is 60.0 Å². The molecule has 0 aliphatic rings. The first-order chi connectivity index (χ1) is 28.7. The second-order valence-electron chi connectivity index (χ2n) is 14.6. The van der Waals surface area contributed by atoms with Gasteiger partial charge in [-0.15, -0.1) is 0 Å². The number of nitrogens with zero attached hydrogens (tertiary/aromatic N) is 5. The van der Waals surface area contributed by atoms with E-state index in [2.05, 4.69) is 166 Å². The summed E-state index contributed by atoms with van der Waals surface area (Å²) in [5.74, 6) is 0. The lowest BCUT2D eigenvalue weighted by Gasteiger charge is -2.27. The third-order valence-corrected chi connectivity index (χ3v) is 11.1. The Hall–Kier alpha value is -7.83. The van der Waals surface area contributed by atoms with E-state index in [0.29, 0.717) is 0 Å². The van der Waals surface area contributed by atoms with E-state index in [0.717, 1.165) is 106 Å². The standard InChI is InChI=1S/C52H35N5O/c1-34-29-35(18-22-47(34)56(38-11-3-2-4-12-38)40-13-9-26-53-33-40)36-20-24-50-43(30-36)44-32-39(21-25-51(44)58-50)57-48-23-19-37(31-45(48)52-49(57)17-10-28-55-52)41-14-5-6-15-42(41)46-16-7-8-27-54-46/h2-33H,1H3. The Morgan fingerprint density at radius 1 is 0.500 bits per heavy atom. The molecule has 0 unspecified atom stereocenters. The summed E-state index contributed by atoms with van der Waals surface area (Å²) in [5, 5.41) is 3.23. The summed E-state index contributed by atoms with van der Waals surface area (Å²) < 4.78 is 8.75. The number of aryl methyl sites for hydroxylation is 1. The van der Waals surface area contributed by atoms with Crippen LogP contribution in [0.1, 0.15) is 5.56 Å². The number of furan rings is 1. The number of aromatic nitrogens is 4. The minimum atomic E-state index is 0.852. The highest BCUT2D eigenvalue weighted by Gasteiger charge is 2.19. The first-order valence-electron chi connectivity index (χ1n) is 19.4. The smallest absolute Gasteiger partial charge is 0.135 e. The summed E-state index contributed by atoms with van der Waals surface area (Å²) in [6, 6.07) is 59.5. The predicted octanol–water partition coefficient (Wildman–Crippen LogP) is 13.6. The van der Waals surface area contributed by atoms with Crippen LogP contribution in [-0.4, -0.2) is 19.5 Å². The molecule has 11 aromatic rings. The Labute approximate surface area is 334 Å². The highest BCUT2D eigenvalue weighted by Crippen LogP contribution is 2.41. The van der Waals surface area contributed by atoms with Crippen LogP contribution in [-0.2, 0) is 0 Å². The molecule has 5 aromatic heterocycles. The number of anilines is 3. The van der Waals surface area contributed by atoms with Crippen LogP contribution in [0.3, 0.4) is 0 Å². The van der Waals surface area contributed by atoms with Crippen molar-refractivity contribution in [2.24, 2.45) is 0 Å². The largest absolute Gasteiger partial charge is 0.456 e. The van der Waals surface area contributed by atoms with Crippen molar-refractivity contribution in [2.45, 2.75) is 6.92 Å². The maximum atomic E-state index is 6.44. The van der Waals surface area contributed by atoms with Crippen LogP contribution in [0.15, 0.2) is 199 Å². The number of rotatable bonds is 7. The van der Waals surface area contributed by atoms with E-state index in [1.807, 2.05) is 55.1 Å². The lowest BCUT2D eigenvalue weighted by molar-refractivity contribution is 0.669. The number of fused-ring (bicyclic) bond motifs is 6. The SMILES string of the molecule is Cc1cc(-c2ccc3oc4ccc(-n5c6ccc(-c7ccccc7-c7ccccn7)cc6c6ncccc65)cc4c3c2)ccc1N(c1ccccc1)c1cccnc1. The van der Waals surface area contributed by atoms with E-state index in [1.165, 1.54) is 0 Å². The zero-order valence-corrected chi connectivity index (χ0v) is 31.6. The summed E-state index contributed by atoms with van der Waals surface area (Å²) >= 11 is 0. The van der Waals surface area contributed by atoms with Gasteiger partial charge in [-0.05, 0) is 138 Å². The molecular formula is C52H35N5O. The van der Waals surface area contributed by atoms with Crippen LogP contribution in [0.2, 0.25) is 0 Å². The number of hydrogen-bond acceptors (Lipinski definition) is 5. The first-order valence-corrected chi connectivity index (χ1v) is 19.4. The molecule has 0 saturated carbocycles. The number of pyridine rings is 3. The van der Waals surface area contributed by atoms with E-state index in [9.17, 15) is 0 Å². The van der Waals surface area contributed by atoms with Crippen LogP contribution >= 0.6 is 0 Å². The van der Waals surface area contributed by atoms with Gasteiger partial charge in [-0.1, -0.05) is 66.7 Å². The normalized spacial score (nSPS) is 11.5. The monoisotopic (exact) mass is 745 g/mol. The van der Waals surface area contributed by atoms with Crippen LogP contribution in [0, 0.1) is 6.92 Å². The van der Waals surface area contributed by atoms with Gasteiger partial charge in [0, 0.05) is 57.4 Å². The lowest BCUT2D eigenvalue weighted by Crippen LogP contribution is -2.11. The number of benzene rings is 6. The molecule has 0 saturated heterocycles. The summed E-state index contributed by atoms with van der Waals surface area (Å²) in [4.78, 5) is 16.3. The molecule has 0 amide bonds. The van der Waals surface area contributed by atoms with E-state index in [1.54, 1.807) is 0 Å². The molecule has 0 N–H and O–H groups in total. The number of hydrogen-bond donors (Lipinski definition) is 0.